The van der Waals surface area contributed by atoms with Crippen molar-refractivity contribution in [1.29, 1.82) is 5.26 Å². The van der Waals surface area contributed by atoms with Crippen molar-refractivity contribution < 1.29 is 36.2 Å². The van der Waals surface area contributed by atoms with Gasteiger partial charge in [-0.25, -0.2) is 8.78 Å². The van der Waals surface area contributed by atoms with Gasteiger partial charge in [-0.2, -0.15) is 28.4 Å². The largest absolute Gasteiger partial charge is 0.467 e. The zero-order valence-electron chi connectivity index (χ0n) is 23.3. The number of carbonyl (C=O) groups is 1. The van der Waals surface area contributed by atoms with Gasteiger partial charge in [0.1, 0.15) is 28.2 Å². The highest BCUT2D eigenvalue weighted by atomic mass is 32.1. The molecule has 1 aliphatic heterocycles. The van der Waals surface area contributed by atoms with Crippen molar-refractivity contribution in [3.05, 3.63) is 41.0 Å². The van der Waals surface area contributed by atoms with Crippen LogP contribution >= 0.6 is 11.3 Å². The van der Waals surface area contributed by atoms with Crippen LogP contribution in [0.25, 0.3) is 32.1 Å². The second-order valence-electron chi connectivity index (χ2n) is 10.00. The van der Waals surface area contributed by atoms with E-state index in [1.807, 2.05) is 0 Å². The van der Waals surface area contributed by atoms with Crippen molar-refractivity contribution in [3.8, 4) is 23.2 Å². The Bertz CT molecular complexity index is 1800. The van der Waals surface area contributed by atoms with E-state index in [0.717, 1.165) is 18.2 Å². The van der Waals surface area contributed by atoms with E-state index in [-0.39, 0.29) is 55.9 Å². The minimum atomic E-state index is -5.09. The Morgan fingerprint density at radius 3 is 2.60 bits per heavy atom. The van der Waals surface area contributed by atoms with Crippen LogP contribution in [0.3, 0.4) is 0 Å². The van der Waals surface area contributed by atoms with Crippen LogP contribution in [0.15, 0.2) is 18.2 Å². The van der Waals surface area contributed by atoms with Gasteiger partial charge in [-0.15, -0.1) is 11.3 Å². The van der Waals surface area contributed by atoms with E-state index in [0.29, 0.717) is 24.3 Å². The first-order chi connectivity index (χ1) is 20.3. The Balaban J connectivity index is 1.82. The van der Waals surface area contributed by atoms with Crippen molar-refractivity contribution in [3.63, 3.8) is 0 Å². The third-order valence-corrected chi connectivity index (χ3v) is 8.69. The van der Waals surface area contributed by atoms with Crippen LogP contribution in [-0.4, -0.2) is 67.3 Å². The SMILES string of the molecule is COC[C@@H]1C(N(C)c2nc(OC)nc3c(F)c(-c4ccc(F)c5sc(N)c(C#N)c45)c(C(F)(F)F)cc23)CCN1C(C)=O. The number of nitrogens with zero attached hydrogens (tertiary/aromatic N) is 5. The van der Waals surface area contributed by atoms with Gasteiger partial charge >= 0.3 is 12.2 Å². The first-order valence-electron chi connectivity index (χ1n) is 12.9. The van der Waals surface area contributed by atoms with Gasteiger partial charge in [0.25, 0.3) is 0 Å². The average Bonchev–Trinajstić information content (AvgIpc) is 3.53. The summed E-state index contributed by atoms with van der Waals surface area (Å²) in [7, 11) is 4.27. The maximum absolute atomic E-state index is 16.6. The lowest BCUT2D eigenvalue weighted by atomic mass is 9.92. The number of methoxy groups -OCH3 is 2. The third kappa shape index (κ3) is 4.94. The number of thiophene rings is 1. The van der Waals surface area contributed by atoms with Crippen LogP contribution in [-0.2, 0) is 15.7 Å². The van der Waals surface area contributed by atoms with Crippen molar-refractivity contribution in [1.82, 2.24) is 14.9 Å². The molecule has 2 atom stereocenters. The maximum atomic E-state index is 16.6. The highest BCUT2D eigenvalue weighted by molar-refractivity contribution is 7.23. The topological polar surface area (TPSA) is 118 Å². The average molecular weight is 621 g/mol. The fourth-order valence-corrected chi connectivity index (χ4v) is 6.70. The van der Waals surface area contributed by atoms with Gasteiger partial charge in [0.15, 0.2) is 5.82 Å². The quantitative estimate of drug-likeness (QED) is 0.287. The van der Waals surface area contributed by atoms with E-state index in [9.17, 15) is 27.6 Å². The molecule has 0 radical (unpaired) electrons. The molecule has 2 N–H and O–H groups in total. The van der Waals surface area contributed by atoms with Crippen molar-refractivity contribution in [2.75, 3.05) is 45.1 Å². The van der Waals surface area contributed by atoms with E-state index >= 15 is 4.39 Å². The predicted octanol–water partition coefficient (Wildman–Crippen LogP) is 5.34. The molecule has 0 bridgehead atoms. The summed E-state index contributed by atoms with van der Waals surface area (Å²) in [6.45, 7) is 1.93. The van der Waals surface area contributed by atoms with Crippen LogP contribution in [0, 0.1) is 23.0 Å². The minimum absolute atomic E-state index is 0.0592. The molecule has 1 aliphatic rings. The number of fused-ring (bicyclic) bond motifs is 2. The summed E-state index contributed by atoms with van der Waals surface area (Å²) >= 11 is 0.680. The van der Waals surface area contributed by atoms with Crippen LogP contribution in [0.5, 0.6) is 6.01 Å². The Hall–Kier alpha value is -4.29. The molecule has 1 saturated heterocycles. The number of halogens is 5. The number of anilines is 2. The highest BCUT2D eigenvalue weighted by Crippen LogP contribution is 2.48. The molecule has 15 heteroatoms. The van der Waals surface area contributed by atoms with Gasteiger partial charge in [-0.1, -0.05) is 6.07 Å². The molecular formula is C28H25F5N6O3S. The number of nitriles is 1. The zero-order valence-corrected chi connectivity index (χ0v) is 24.2. The first kappa shape index (κ1) is 30.2. The molecule has 4 aromatic rings. The molecule has 1 unspecified atom stereocenters. The number of likely N-dealkylation sites (tertiary alicyclic amines) is 1. The Morgan fingerprint density at radius 1 is 1.28 bits per heavy atom. The Kier molecular flexibility index (Phi) is 7.78. The molecule has 2 aromatic carbocycles. The van der Waals surface area contributed by atoms with Crippen LogP contribution in [0.4, 0.5) is 32.8 Å². The minimum Gasteiger partial charge on any atom is -0.467 e. The van der Waals surface area contributed by atoms with Gasteiger partial charge in [0.05, 0.1) is 41.6 Å². The standard InChI is InChI=1S/C28H25F5N6O3S/c1-12(40)39-8-7-18(19(39)11-41-3)38(2)26-14-9-16(28(31,32)33)21(22(30)23(14)36-27(37-26)42-4)13-5-6-17(29)24-20(13)15(10-34)25(35)43-24/h5-6,9,18-19H,7-8,11,35H2,1-4H3/t18?,19-/m1/s1. The maximum Gasteiger partial charge on any atom is 0.417 e. The molecule has 0 spiro atoms. The van der Waals surface area contributed by atoms with Crippen LogP contribution < -0.4 is 15.4 Å². The molecule has 0 aliphatic carbocycles. The van der Waals surface area contributed by atoms with Crippen LogP contribution in [0.2, 0.25) is 0 Å². The molecule has 3 heterocycles. The molecular weight excluding hydrogens is 595 g/mol. The number of hydrogen-bond donors (Lipinski definition) is 1. The second kappa shape index (κ2) is 11.1. The number of nitrogen functional groups attached to an aromatic ring is 1. The van der Waals surface area contributed by atoms with Gasteiger partial charge < -0.3 is 25.0 Å². The molecule has 9 nitrogen and oxygen atoms in total. The van der Waals surface area contributed by atoms with Gasteiger partial charge in [-0.3, -0.25) is 4.79 Å². The number of ether oxygens (including phenoxy) is 2. The highest BCUT2D eigenvalue weighted by Gasteiger charge is 2.41. The molecule has 0 saturated carbocycles. The summed E-state index contributed by atoms with van der Waals surface area (Å²) in [5.74, 6) is -2.45. The van der Waals surface area contributed by atoms with Crippen LogP contribution in [0.1, 0.15) is 24.5 Å². The summed E-state index contributed by atoms with van der Waals surface area (Å²) in [5, 5.41) is 9.07. The number of amides is 1. The summed E-state index contributed by atoms with van der Waals surface area (Å²) in [5.41, 5.74) is 2.46. The molecule has 1 fully saturated rings. The smallest absolute Gasteiger partial charge is 0.417 e. The number of hydrogen-bond acceptors (Lipinski definition) is 9. The third-order valence-electron chi connectivity index (χ3n) is 7.66. The normalized spacial score (nSPS) is 17.1. The monoisotopic (exact) mass is 620 g/mol. The number of alkyl halides is 3. The number of aromatic nitrogens is 2. The van der Waals surface area contributed by atoms with E-state index in [1.54, 1.807) is 22.9 Å². The lowest BCUT2D eigenvalue weighted by Gasteiger charge is -2.33. The molecule has 43 heavy (non-hydrogen) atoms. The molecule has 2 aromatic heterocycles. The number of carbonyl (C=O) groups excluding carboxylic acids is 1. The van der Waals surface area contributed by atoms with E-state index in [2.05, 4.69) is 9.97 Å². The van der Waals surface area contributed by atoms with Gasteiger partial charge in [0.2, 0.25) is 5.91 Å². The number of rotatable bonds is 6. The number of likely N-dealkylation sites (N-methyl/N-ethyl adjacent to an activating group) is 1. The lowest BCUT2D eigenvalue weighted by molar-refractivity contribution is -0.137. The lowest BCUT2D eigenvalue weighted by Crippen LogP contribution is -2.48. The number of benzene rings is 2. The van der Waals surface area contributed by atoms with Gasteiger partial charge in [-0.05, 0) is 24.1 Å². The fraction of sp³-hybridized carbons (Fsp3) is 0.357. The van der Waals surface area contributed by atoms with E-state index in [1.165, 1.54) is 21.1 Å². The molecule has 1 amide bonds. The Morgan fingerprint density at radius 2 is 2.00 bits per heavy atom. The van der Waals surface area contributed by atoms with E-state index < -0.39 is 46.5 Å². The summed E-state index contributed by atoms with van der Waals surface area (Å²) in [6.07, 6.45) is -4.65. The Labute approximate surface area is 246 Å². The molecule has 226 valence electrons. The predicted molar refractivity (Wildman–Crippen MR) is 151 cm³/mol. The number of nitrogens with two attached hydrogens (primary N) is 1. The molecule has 5 rings (SSSR count). The first-order valence-corrected chi connectivity index (χ1v) is 13.7. The van der Waals surface area contributed by atoms with E-state index in [4.69, 9.17) is 15.2 Å². The second-order valence-corrected chi connectivity index (χ2v) is 11.0. The van der Waals surface area contributed by atoms with Crippen molar-refractivity contribution >= 4 is 49.1 Å². The summed E-state index contributed by atoms with van der Waals surface area (Å²) in [4.78, 5) is 23.8. The zero-order chi connectivity index (χ0) is 31.4. The summed E-state index contributed by atoms with van der Waals surface area (Å²) < 4.78 is 85.8. The van der Waals surface area contributed by atoms with Crippen molar-refractivity contribution in [2.45, 2.75) is 31.6 Å². The van der Waals surface area contributed by atoms with Crippen molar-refractivity contribution in [2.24, 2.45) is 0 Å². The van der Waals surface area contributed by atoms with Gasteiger partial charge in [0, 0.05) is 44.0 Å². The fourth-order valence-electron chi connectivity index (χ4n) is 5.76. The summed E-state index contributed by atoms with van der Waals surface area (Å²) in [6, 6.07) is 3.19.